The van der Waals surface area contributed by atoms with E-state index in [1.54, 1.807) is 27.9 Å². The number of likely N-dealkylation sites (tertiary alicyclic amines) is 1. The lowest BCUT2D eigenvalue weighted by Gasteiger charge is -2.47. The average molecular weight is 697 g/mol. The Morgan fingerprint density at radius 3 is 2.18 bits per heavy atom. The van der Waals surface area contributed by atoms with Crippen molar-refractivity contribution in [2.75, 3.05) is 75.1 Å². The van der Waals surface area contributed by atoms with Gasteiger partial charge in [0, 0.05) is 70.0 Å². The Morgan fingerprint density at radius 1 is 1.04 bits per heavy atom. The smallest absolute Gasteiger partial charge is 0.319 e. The lowest BCUT2D eigenvalue weighted by atomic mass is 9.78. The van der Waals surface area contributed by atoms with Crippen LogP contribution >= 0.6 is 0 Å². The van der Waals surface area contributed by atoms with Crippen molar-refractivity contribution >= 4 is 17.7 Å². The number of ether oxygens (including phenoxy) is 3. The van der Waals surface area contributed by atoms with Crippen LogP contribution in [0.15, 0.2) is 0 Å². The first-order valence-electron chi connectivity index (χ1n) is 18.5. The maximum atomic E-state index is 13.9. The minimum Gasteiger partial charge on any atom is -0.463 e. The summed E-state index contributed by atoms with van der Waals surface area (Å²) in [5.74, 6) is -0.660. The van der Waals surface area contributed by atoms with E-state index in [9.17, 15) is 19.5 Å². The van der Waals surface area contributed by atoms with E-state index in [0.29, 0.717) is 38.3 Å². The number of carbonyl (C=O) groups excluding carboxylic acids is 3. The van der Waals surface area contributed by atoms with Gasteiger partial charge >= 0.3 is 5.97 Å². The van der Waals surface area contributed by atoms with Crippen molar-refractivity contribution in [1.82, 2.24) is 19.6 Å². The summed E-state index contributed by atoms with van der Waals surface area (Å²) in [4.78, 5) is 49.1. The first-order valence-corrected chi connectivity index (χ1v) is 18.5. The SMILES string of the molecule is CCC[C@@H](C)CN(C)C(COC(=O)C(C)(C)C(=O)[C@H](C)[C@@H](CC1O[C@H](C)C[C@H](N(C)C)[C@H]1O)OC)C1CN(C(=O)CC(C)(C)CN(C)C)C1. The monoisotopic (exact) mass is 697 g/mol. The summed E-state index contributed by atoms with van der Waals surface area (Å²) in [7, 11) is 11.6. The molecule has 11 nitrogen and oxygen atoms in total. The second-order valence-corrected chi connectivity index (χ2v) is 17.2. The zero-order valence-corrected chi connectivity index (χ0v) is 33.5. The quantitative estimate of drug-likeness (QED) is 0.149. The highest BCUT2D eigenvalue weighted by molar-refractivity contribution is 6.04. The molecule has 2 saturated heterocycles. The summed E-state index contributed by atoms with van der Waals surface area (Å²) in [6, 6.07) is -0.135. The van der Waals surface area contributed by atoms with Gasteiger partial charge in [-0.25, -0.2) is 0 Å². The first-order chi connectivity index (χ1) is 22.6. The number of esters is 1. The number of carbonyl (C=O) groups is 3. The number of aliphatic hydroxyl groups excluding tert-OH is 1. The summed E-state index contributed by atoms with van der Waals surface area (Å²) in [6.45, 7) is 18.8. The van der Waals surface area contributed by atoms with E-state index in [1.165, 1.54) is 0 Å². The Bertz CT molecular complexity index is 1060. The Hall–Kier alpha value is -1.63. The third-order valence-corrected chi connectivity index (χ3v) is 10.8. The molecule has 2 fully saturated rings. The van der Waals surface area contributed by atoms with Crippen molar-refractivity contribution in [3.05, 3.63) is 0 Å². The molecule has 0 bridgehead atoms. The third kappa shape index (κ3) is 12.2. The van der Waals surface area contributed by atoms with E-state index >= 15 is 0 Å². The van der Waals surface area contributed by atoms with E-state index in [-0.39, 0.29) is 47.8 Å². The lowest BCUT2D eigenvalue weighted by Crippen LogP contribution is -2.60. The molecule has 2 aliphatic heterocycles. The van der Waals surface area contributed by atoms with Gasteiger partial charge in [0.2, 0.25) is 5.91 Å². The Balaban J connectivity index is 2.11. The normalized spacial score (nSPS) is 24.9. The number of rotatable bonds is 20. The number of ketones is 1. The third-order valence-electron chi connectivity index (χ3n) is 10.8. The Labute approximate surface area is 298 Å². The molecule has 0 aromatic rings. The van der Waals surface area contributed by atoms with Crippen LogP contribution in [0.5, 0.6) is 0 Å². The van der Waals surface area contributed by atoms with Gasteiger partial charge in [0.25, 0.3) is 0 Å². The predicted molar refractivity (Wildman–Crippen MR) is 194 cm³/mol. The minimum atomic E-state index is -1.40. The zero-order valence-electron chi connectivity index (χ0n) is 33.5. The van der Waals surface area contributed by atoms with Crippen molar-refractivity contribution in [2.45, 2.75) is 124 Å². The number of methoxy groups -OCH3 is 1. The molecule has 49 heavy (non-hydrogen) atoms. The molecule has 286 valence electrons. The molecule has 0 spiro atoms. The van der Waals surface area contributed by atoms with Gasteiger partial charge in [-0.15, -0.1) is 0 Å². The number of hydrogen-bond acceptors (Lipinski definition) is 10. The molecular formula is C38H72N4O7. The van der Waals surface area contributed by atoms with E-state index in [4.69, 9.17) is 14.2 Å². The molecule has 0 radical (unpaired) electrons. The van der Waals surface area contributed by atoms with Crippen LogP contribution in [0.25, 0.3) is 0 Å². The summed E-state index contributed by atoms with van der Waals surface area (Å²) in [5, 5.41) is 11.1. The minimum absolute atomic E-state index is 0.0393. The molecule has 2 unspecified atom stereocenters. The van der Waals surface area contributed by atoms with E-state index in [0.717, 1.165) is 25.9 Å². The van der Waals surface area contributed by atoms with Gasteiger partial charge in [0.1, 0.15) is 12.0 Å². The van der Waals surface area contributed by atoms with Crippen LogP contribution in [-0.4, -0.2) is 154 Å². The van der Waals surface area contributed by atoms with Gasteiger partial charge in [-0.3, -0.25) is 19.3 Å². The average Bonchev–Trinajstić information content (AvgIpc) is 2.95. The molecule has 0 saturated carbocycles. The number of aliphatic hydroxyl groups is 1. The maximum absolute atomic E-state index is 13.9. The first kappa shape index (κ1) is 43.5. The Kier molecular flexibility index (Phi) is 16.6. The number of Topliss-reactive ketones (excluding diaryl/α,β-unsaturated/α-hetero) is 1. The standard InChI is InChI=1S/C38H72N4O7/c1-15-16-25(2)20-41(13)30(28-21-42(22-28)33(43)19-37(5,6)24-39(9)10)23-48-36(46)38(7,8)35(45)27(4)31(47-14)18-32-34(44)29(40(11)12)17-26(3)49-32/h25-32,34,44H,15-24H2,1-14H3/t25-,26-,27-,29+,30?,31-,32?,34-/m1/s1. The van der Waals surface area contributed by atoms with Crippen molar-refractivity contribution in [1.29, 1.82) is 0 Å². The number of amides is 1. The molecular weight excluding hydrogens is 624 g/mol. The summed E-state index contributed by atoms with van der Waals surface area (Å²) < 4.78 is 17.9. The zero-order chi connectivity index (χ0) is 37.4. The summed E-state index contributed by atoms with van der Waals surface area (Å²) in [6.07, 6.45) is 1.93. The number of nitrogens with zero attached hydrogens (tertiary/aromatic N) is 4. The van der Waals surface area contributed by atoms with Crippen LogP contribution in [-0.2, 0) is 28.6 Å². The van der Waals surface area contributed by atoms with Crippen molar-refractivity contribution in [3.63, 3.8) is 0 Å². The maximum Gasteiger partial charge on any atom is 0.319 e. The predicted octanol–water partition coefficient (Wildman–Crippen LogP) is 3.81. The molecule has 11 heteroatoms. The topological polar surface area (TPSA) is 112 Å². The van der Waals surface area contributed by atoms with Crippen LogP contribution in [0.4, 0.5) is 0 Å². The molecule has 8 atom stereocenters. The molecule has 1 amide bonds. The lowest BCUT2D eigenvalue weighted by molar-refractivity contribution is -0.168. The van der Waals surface area contributed by atoms with E-state index in [1.807, 2.05) is 44.9 Å². The van der Waals surface area contributed by atoms with Crippen molar-refractivity contribution in [2.24, 2.45) is 28.6 Å². The molecule has 0 aliphatic carbocycles. The highest BCUT2D eigenvalue weighted by Crippen LogP contribution is 2.33. The molecule has 1 N–H and O–H groups in total. The number of likely N-dealkylation sites (N-methyl/N-ethyl adjacent to an activating group) is 2. The van der Waals surface area contributed by atoms with Crippen molar-refractivity contribution < 1.29 is 33.7 Å². The molecule has 2 aliphatic rings. The van der Waals surface area contributed by atoms with Crippen LogP contribution in [0.2, 0.25) is 0 Å². The molecule has 0 aromatic carbocycles. The van der Waals surface area contributed by atoms with Crippen LogP contribution in [0.1, 0.15) is 87.5 Å². The largest absolute Gasteiger partial charge is 0.463 e. The van der Waals surface area contributed by atoms with Crippen LogP contribution < -0.4 is 0 Å². The van der Waals surface area contributed by atoms with E-state index in [2.05, 4.69) is 44.5 Å². The highest BCUT2D eigenvalue weighted by atomic mass is 16.5. The second-order valence-electron chi connectivity index (χ2n) is 17.2. The van der Waals surface area contributed by atoms with Crippen molar-refractivity contribution in [3.8, 4) is 0 Å². The molecule has 2 heterocycles. The number of hydrogen-bond donors (Lipinski definition) is 1. The highest BCUT2D eigenvalue weighted by Gasteiger charge is 2.46. The fraction of sp³-hybridized carbons (Fsp3) is 0.921. The Morgan fingerprint density at radius 2 is 1.65 bits per heavy atom. The van der Waals surface area contributed by atoms with Crippen LogP contribution in [0.3, 0.4) is 0 Å². The van der Waals surface area contributed by atoms with Gasteiger partial charge < -0.3 is 34.0 Å². The van der Waals surface area contributed by atoms with Crippen LogP contribution in [0, 0.1) is 28.6 Å². The second kappa shape index (κ2) is 18.7. The molecule has 0 aromatic heterocycles. The van der Waals surface area contributed by atoms with Gasteiger partial charge in [0.05, 0.1) is 24.4 Å². The van der Waals surface area contributed by atoms with E-state index < -0.39 is 35.6 Å². The fourth-order valence-corrected chi connectivity index (χ4v) is 8.01. The van der Waals surface area contributed by atoms with Gasteiger partial charge in [-0.1, -0.05) is 41.0 Å². The summed E-state index contributed by atoms with van der Waals surface area (Å²) in [5.41, 5.74) is -1.53. The fourth-order valence-electron chi connectivity index (χ4n) is 8.01. The van der Waals surface area contributed by atoms with Gasteiger partial charge in [0.15, 0.2) is 5.78 Å². The van der Waals surface area contributed by atoms with Gasteiger partial charge in [-0.05, 0) is 80.2 Å². The molecule has 2 rings (SSSR count). The summed E-state index contributed by atoms with van der Waals surface area (Å²) >= 11 is 0. The van der Waals surface area contributed by atoms with Gasteiger partial charge in [-0.2, -0.15) is 0 Å².